The molecule has 1 aromatic heterocycles. The zero-order valence-electron chi connectivity index (χ0n) is 7.26. The Morgan fingerprint density at radius 2 is 2.17 bits per heavy atom. The first kappa shape index (κ1) is 7.59. The highest BCUT2D eigenvalue weighted by atomic mass is 16.1. The van der Waals surface area contributed by atoms with E-state index in [1.807, 2.05) is 0 Å². The Hall–Kier alpha value is -1.05. The quantitative estimate of drug-likeness (QED) is 0.559. The van der Waals surface area contributed by atoms with E-state index in [9.17, 15) is 4.79 Å². The molecule has 1 aromatic rings. The molecule has 0 atom stereocenters. The molecule has 0 amide bonds. The van der Waals surface area contributed by atoms with Gasteiger partial charge in [0.25, 0.3) is 5.56 Å². The second-order valence-corrected chi connectivity index (χ2v) is 3.35. The van der Waals surface area contributed by atoms with Crippen molar-refractivity contribution in [2.45, 2.75) is 25.7 Å². The van der Waals surface area contributed by atoms with E-state index in [1.54, 1.807) is 17.8 Å². The van der Waals surface area contributed by atoms with Crippen LogP contribution in [-0.2, 0) is 19.9 Å². The second-order valence-electron chi connectivity index (χ2n) is 3.35. The Morgan fingerprint density at radius 1 is 1.42 bits per heavy atom. The van der Waals surface area contributed by atoms with Crippen LogP contribution < -0.4 is 5.56 Å². The van der Waals surface area contributed by atoms with Gasteiger partial charge in [-0.2, -0.15) is 0 Å². The monoisotopic (exact) mass is 162 g/mol. The van der Waals surface area contributed by atoms with Gasteiger partial charge in [-0.3, -0.25) is 4.79 Å². The lowest BCUT2D eigenvalue weighted by Crippen LogP contribution is -2.24. The van der Waals surface area contributed by atoms with Crippen molar-refractivity contribution < 1.29 is 0 Å². The number of hydrogen-bond acceptors (Lipinski definition) is 1. The lowest BCUT2D eigenvalue weighted by Gasteiger charge is -2.14. The van der Waals surface area contributed by atoms with Gasteiger partial charge in [-0.05, 0) is 31.2 Å². The van der Waals surface area contributed by atoms with Crippen molar-refractivity contribution >= 4 is 0 Å². The zero-order chi connectivity index (χ0) is 8.55. The van der Waals surface area contributed by atoms with E-state index in [2.05, 4.69) is 6.07 Å². The van der Waals surface area contributed by atoms with Crippen LogP contribution >= 0.6 is 0 Å². The van der Waals surface area contributed by atoms with E-state index in [4.69, 9.17) is 0 Å². The molecule has 2 rings (SSSR count). The zero-order valence-corrected chi connectivity index (χ0v) is 7.26. The average Bonchev–Trinajstić information content (AvgIpc) is 2.12. The van der Waals surface area contributed by atoms with Crippen molar-refractivity contribution in [1.29, 1.82) is 0 Å². The fourth-order valence-corrected chi connectivity index (χ4v) is 1.75. The van der Waals surface area contributed by atoms with E-state index >= 15 is 0 Å². The minimum Gasteiger partial charge on any atom is -0.318 e. The summed E-state index contributed by atoms with van der Waals surface area (Å²) in [6, 6.07) is 3.16. The molecule has 12 heavy (non-hydrogen) atoms. The summed E-state index contributed by atoms with van der Waals surface area (Å²) < 4.78 is 1.62. The molecule has 1 aliphatic carbocycles. The first-order valence-corrected chi connectivity index (χ1v) is 4.38. The van der Waals surface area contributed by atoms with E-state index in [-0.39, 0.29) is 5.56 Å². The lowest BCUT2D eigenvalue weighted by atomic mass is 9.93. The number of fused-ring (bicyclic) bond motifs is 1. The Labute approximate surface area is 71.8 Å². The molecule has 1 heterocycles. The van der Waals surface area contributed by atoms with Gasteiger partial charge in [0.1, 0.15) is 0 Å². The molecule has 1 aliphatic rings. The van der Waals surface area contributed by atoms with Gasteiger partial charge in [0.2, 0.25) is 0 Å². The van der Waals surface area contributed by atoms with Crippen LogP contribution in [0.2, 0.25) is 0 Å². The molecule has 2 heteroatoms. The molecule has 0 unspecified atom stereocenters. The van der Waals surface area contributed by atoms with Gasteiger partial charge in [-0.1, -0.05) is 0 Å². The van der Waals surface area contributed by atoms with Crippen molar-refractivity contribution in [3.05, 3.63) is 33.7 Å². The van der Waals surface area contributed by atoms with E-state index in [0.717, 1.165) is 30.4 Å². The maximum absolute atomic E-state index is 11.6. The van der Waals surface area contributed by atoms with Crippen LogP contribution in [0.5, 0.6) is 0 Å². The largest absolute Gasteiger partial charge is 0.318 e. The lowest BCUT2D eigenvalue weighted by molar-refractivity contribution is 0.661. The third-order valence-corrected chi connectivity index (χ3v) is 2.48. The van der Waals surface area contributed by atoms with Crippen molar-refractivity contribution in [3.63, 3.8) is 0 Å². The smallest absolute Gasteiger partial charge is 0.253 e. The fourth-order valence-electron chi connectivity index (χ4n) is 1.75. The molecule has 0 spiro atoms. The number of pyridine rings is 1. The van der Waals surface area contributed by atoms with Crippen LogP contribution in [0, 0.1) is 6.07 Å². The highest BCUT2D eigenvalue weighted by molar-refractivity contribution is 5.25. The fraction of sp³-hybridized carbons (Fsp3) is 0.500. The Kier molecular flexibility index (Phi) is 1.75. The van der Waals surface area contributed by atoms with Crippen LogP contribution in [0.4, 0.5) is 0 Å². The molecule has 1 radical (unpaired) electrons. The van der Waals surface area contributed by atoms with Crippen LogP contribution in [-0.4, -0.2) is 4.57 Å². The van der Waals surface area contributed by atoms with Gasteiger partial charge in [0.15, 0.2) is 0 Å². The third kappa shape index (κ3) is 1.07. The molecule has 0 bridgehead atoms. The van der Waals surface area contributed by atoms with Gasteiger partial charge in [-0.25, -0.2) is 0 Å². The van der Waals surface area contributed by atoms with Gasteiger partial charge in [0.05, 0.1) is 0 Å². The summed E-state index contributed by atoms with van der Waals surface area (Å²) in [6.45, 7) is 0. The highest BCUT2D eigenvalue weighted by Gasteiger charge is 2.12. The third-order valence-electron chi connectivity index (χ3n) is 2.48. The summed E-state index contributed by atoms with van der Waals surface area (Å²) in [5.74, 6) is 0. The average molecular weight is 162 g/mol. The summed E-state index contributed by atoms with van der Waals surface area (Å²) >= 11 is 0. The van der Waals surface area contributed by atoms with Crippen LogP contribution in [0.3, 0.4) is 0 Å². The van der Waals surface area contributed by atoms with Crippen molar-refractivity contribution in [3.8, 4) is 0 Å². The maximum Gasteiger partial charge on any atom is 0.253 e. The first-order valence-electron chi connectivity index (χ1n) is 4.38. The SMILES string of the molecule is Cn1c[c]c2c(c1=O)CCCC2. The highest BCUT2D eigenvalue weighted by Crippen LogP contribution is 2.16. The number of aromatic nitrogens is 1. The standard InChI is InChI=1S/C10H12NO/c1-11-7-6-8-4-2-3-5-9(8)10(11)12/h7H,2-5H2,1H3. The number of rotatable bonds is 0. The molecule has 0 fully saturated rings. The maximum atomic E-state index is 11.6. The van der Waals surface area contributed by atoms with Gasteiger partial charge in [-0.15, -0.1) is 0 Å². The molecule has 2 nitrogen and oxygen atoms in total. The number of nitrogens with zero attached hydrogens (tertiary/aromatic N) is 1. The van der Waals surface area contributed by atoms with Gasteiger partial charge >= 0.3 is 0 Å². The molecule has 0 aromatic carbocycles. The van der Waals surface area contributed by atoms with E-state index in [0.29, 0.717) is 0 Å². The van der Waals surface area contributed by atoms with Crippen molar-refractivity contribution in [2.24, 2.45) is 7.05 Å². The molecule has 0 saturated carbocycles. The van der Waals surface area contributed by atoms with Crippen molar-refractivity contribution in [1.82, 2.24) is 4.57 Å². The van der Waals surface area contributed by atoms with Crippen LogP contribution in [0.1, 0.15) is 24.0 Å². The molecular formula is C10H12NO. The summed E-state index contributed by atoms with van der Waals surface area (Å²) in [6.07, 6.45) is 6.08. The molecule has 0 N–H and O–H groups in total. The predicted molar refractivity (Wildman–Crippen MR) is 47.2 cm³/mol. The van der Waals surface area contributed by atoms with Gasteiger partial charge < -0.3 is 4.57 Å². The Balaban J connectivity index is 2.62. The normalized spacial score (nSPS) is 15.8. The topological polar surface area (TPSA) is 22.0 Å². The Bertz CT molecular complexity index is 351. The predicted octanol–water partition coefficient (Wildman–Crippen LogP) is 1.06. The van der Waals surface area contributed by atoms with E-state index in [1.165, 1.54) is 6.42 Å². The van der Waals surface area contributed by atoms with Crippen LogP contribution in [0.15, 0.2) is 11.0 Å². The molecular weight excluding hydrogens is 150 g/mol. The molecule has 0 aliphatic heterocycles. The summed E-state index contributed by atoms with van der Waals surface area (Å²) in [5.41, 5.74) is 2.30. The number of aryl methyl sites for hydroxylation is 2. The molecule has 0 saturated heterocycles. The Morgan fingerprint density at radius 3 is 3.00 bits per heavy atom. The summed E-state index contributed by atoms with van der Waals surface area (Å²) in [7, 11) is 1.79. The first-order chi connectivity index (χ1) is 5.79. The summed E-state index contributed by atoms with van der Waals surface area (Å²) in [5, 5.41) is 0. The summed E-state index contributed by atoms with van der Waals surface area (Å²) in [4.78, 5) is 11.6. The van der Waals surface area contributed by atoms with E-state index < -0.39 is 0 Å². The second kappa shape index (κ2) is 2.77. The minimum atomic E-state index is 0.170. The van der Waals surface area contributed by atoms with Gasteiger partial charge in [0, 0.05) is 24.9 Å². The van der Waals surface area contributed by atoms with Crippen LogP contribution in [0.25, 0.3) is 0 Å². The molecule has 63 valence electrons. The number of hydrogen-bond donors (Lipinski definition) is 0. The minimum absolute atomic E-state index is 0.170. The van der Waals surface area contributed by atoms with Crippen molar-refractivity contribution in [2.75, 3.05) is 0 Å².